The number of para-hydroxylation sites is 2. The third-order valence-electron chi connectivity index (χ3n) is 16.1. The maximum atomic E-state index is 5.87. The predicted molar refractivity (Wildman–Crippen MR) is 382 cm³/mol. The molecule has 0 spiro atoms. The summed E-state index contributed by atoms with van der Waals surface area (Å²) >= 11 is 0. The van der Waals surface area contributed by atoms with E-state index in [9.17, 15) is 0 Å². The van der Waals surface area contributed by atoms with E-state index in [2.05, 4.69) is 152 Å². The van der Waals surface area contributed by atoms with E-state index < -0.39 is 0 Å². The molecule has 0 fully saturated rings. The van der Waals surface area contributed by atoms with Crippen molar-refractivity contribution in [3.63, 3.8) is 0 Å². The van der Waals surface area contributed by atoms with Gasteiger partial charge in [-0.2, -0.15) is 0 Å². The van der Waals surface area contributed by atoms with Gasteiger partial charge in [0.15, 0.2) is 0 Å². The molecule has 0 aliphatic heterocycles. The number of aryl methyl sites for hydroxylation is 2. The lowest BCUT2D eigenvalue weighted by Crippen LogP contribution is -2.12. The molecule has 12 nitrogen and oxygen atoms in total. The number of hydrogen-bond acceptors (Lipinski definition) is 12. The first-order valence-electron chi connectivity index (χ1n) is 30.9. The third kappa shape index (κ3) is 16.6. The molecule has 0 aromatic heterocycles. The molecular weight excluding hydrogens is 1170 g/mol. The molecule has 0 amide bonds. The molecule has 480 valence electrons. The summed E-state index contributed by atoms with van der Waals surface area (Å²) in [6, 6.07) is 77.4. The van der Waals surface area contributed by atoms with E-state index >= 15 is 0 Å². The van der Waals surface area contributed by atoms with E-state index in [0.29, 0.717) is 0 Å². The molecule has 0 bridgehead atoms. The molecule has 12 heteroatoms. The number of hydrogen-bond donors (Lipinski definition) is 0. The highest BCUT2D eigenvalue weighted by Gasteiger charge is 2.19. The van der Waals surface area contributed by atoms with Gasteiger partial charge < -0.3 is 57.2 Å². The van der Waals surface area contributed by atoms with Crippen molar-refractivity contribution in [2.45, 2.75) is 26.7 Å². The molecule has 10 rings (SSSR count). The quantitative estimate of drug-likeness (QED) is 0.0516. The summed E-state index contributed by atoms with van der Waals surface area (Å²) in [6.45, 7) is 4.29. The smallest absolute Gasteiger partial charge is 0.142 e. The van der Waals surface area contributed by atoms with Gasteiger partial charge in [0.1, 0.15) is 57.5 Å². The largest absolute Gasteiger partial charge is 0.497 e. The van der Waals surface area contributed by atoms with Gasteiger partial charge in [0.05, 0.1) is 76.8 Å². The number of benzene rings is 10. The highest BCUT2D eigenvalue weighted by molar-refractivity contribution is 5.89. The number of anilines is 2. The van der Waals surface area contributed by atoms with Crippen LogP contribution >= 0.6 is 0 Å². The van der Waals surface area contributed by atoms with Gasteiger partial charge in [0.25, 0.3) is 0 Å². The van der Waals surface area contributed by atoms with Crippen LogP contribution in [0.5, 0.6) is 57.5 Å². The van der Waals surface area contributed by atoms with Gasteiger partial charge in [-0.25, -0.2) is 0 Å². The van der Waals surface area contributed by atoms with Gasteiger partial charge in [0, 0.05) is 58.8 Å². The summed E-state index contributed by atoms with van der Waals surface area (Å²) < 4.78 is 55.8. The summed E-state index contributed by atoms with van der Waals surface area (Å²) in [4.78, 5) is 4.29. The van der Waals surface area contributed by atoms with E-state index in [0.717, 1.165) is 160 Å². The van der Waals surface area contributed by atoms with Crippen LogP contribution in [0.15, 0.2) is 255 Å². The van der Waals surface area contributed by atoms with Crippen molar-refractivity contribution in [2.24, 2.45) is 0 Å². The standard InChI is InChI=1S/C43H45NO5.C39H37NO5/c1-8-30-25-34(17-23-42(30)48-6)40(32-13-19-37(45-3)20-14-32)28-44(36-11-10-12-39(27-36)47-5)29-41(33-15-21-38(46-4)22-16-33)35-18-24-43(49-7)31(9-2)26-35;1-41-32-18-10-28(11-19-32)36(29-12-20-33(42-2)21-13-29)26-40(38-8-6-7-9-39(38)45-5)27-37(30-14-22-34(43-3)23-15-30)31-16-24-35(44-4)25-17-31/h10-29H,8-9H2,1-7H3;6-27H,1-5H3/b40-28+,41-29+;. The SMILES string of the molecule is CCc1cc(/C(=C/N(/C=C(\c2ccc(OC)cc2)c2ccc(OC)c(CC)c2)c2cccc(OC)c2)c2ccc(OC)cc2)ccc1OC.COc1ccc(C(=CN(C=C(c2ccc(OC)cc2)c2ccc(OC)cc2)c2ccccc2OC)c2ccc(OC)cc2)cc1. The maximum Gasteiger partial charge on any atom is 0.142 e. The molecule has 10 aromatic carbocycles. The van der Waals surface area contributed by atoms with Crippen molar-refractivity contribution in [1.29, 1.82) is 0 Å². The first-order chi connectivity index (χ1) is 46.0. The summed E-state index contributed by atoms with van der Waals surface area (Å²) in [5.74, 6) is 7.98. The molecular formula is C82H82N2O10. The average Bonchev–Trinajstić information content (AvgIpc) is 0.830. The van der Waals surface area contributed by atoms with Crippen LogP contribution in [0.25, 0.3) is 22.3 Å². The molecule has 0 unspecified atom stereocenters. The summed E-state index contributed by atoms with van der Waals surface area (Å²) in [5, 5.41) is 0. The van der Waals surface area contributed by atoms with Crippen molar-refractivity contribution in [1.82, 2.24) is 0 Å². The Morgan fingerprint density at radius 1 is 0.255 bits per heavy atom. The van der Waals surface area contributed by atoms with Crippen LogP contribution in [0.1, 0.15) is 69.5 Å². The average molecular weight is 1260 g/mol. The van der Waals surface area contributed by atoms with E-state index in [1.807, 2.05) is 127 Å². The van der Waals surface area contributed by atoms with Crippen LogP contribution in [-0.4, -0.2) is 71.1 Å². The summed E-state index contributed by atoms with van der Waals surface area (Å²) in [6.07, 6.45) is 10.3. The van der Waals surface area contributed by atoms with Crippen LogP contribution in [0.3, 0.4) is 0 Å². The van der Waals surface area contributed by atoms with Gasteiger partial charge in [-0.15, -0.1) is 0 Å². The van der Waals surface area contributed by atoms with Gasteiger partial charge >= 0.3 is 0 Å². The monoisotopic (exact) mass is 1250 g/mol. The molecule has 0 N–H and O–H groups in total. The number of methoxy groups -OCH3 is 10. The third-order valence-corrected chi connectivity index (χ3v) is 16.1. The predicted octanol–water partition coefficient (Wildman–Crippen LogP) is 18.6. The van der Waals surface area contributed by atoms with Crippen molar-refractivity contribution >= 4 is 33.7 Å². The molecule has 94 heavy (non-hydrogen) atoms. The first kappa shape index (κ1) is 67.2. The molecule has 0 radical (unpaired) electrons. The highest BCUT2D eigenvalue weighted by atomic mass is 16.5. The maximum absolute atomic E-state index is 5.87. The Balaban J connectivity index is 0.000000222. The Morgan fingerprint density at radius 2 is 0.543 bits per heavy atom. The minimum absolute atomic E-state index is 0.734. The lowest BCUT2D eigenvalue weighted by Gasteiger charge is -2.24. The van der Waals surface area contributed by atoms with E-state index in [1.54, 1.807) is 71.1 Å². The number of rotatable bonds is 26. The molecule has 0 atom stereocenters. The Bertz CT molecular complexity index is 3870. The fourth-order valence-corrected chi connectivity index (χ4v) is 10.9. The van der Waals surface area contributed by atoms with Crippen LogP contribution in [0, 0.1) is 0 Å². The van der Waals surface area contributed by atoms with Crippen LogP contribution in [0.2, 0.25) is 0 Å². The second-order valence-corrected chi connectivity index (χ2v) is 21.5. The second-order valence-electron chi connectivity index (χ2n) is 21.5. The topological polar surface area (TPSA) is 98.8 Å². The lowest BCUT2D eigenvalue weighted by atomic mass is 9.94. The summed E-state index contributed by atoms with van der Waals surface area (Å²) in [7, 11) is 16.9. The second kappa shape index (κ2) is 33.2. The van der Waals surface area contributed by atoms with Crippen LogP contribution < -0.4 is 57.2 Å². The number of nitrogens with zero attached hydrogens (tertiary/aromatic N) is 2. The lowest BCUT2D eigenvalue weighted by molar-refractivity contribution is 0.410. The van der Waals surface area contributed by atoms with E-state index in [1.165, 1.54) is 0 Å². The summed E-state index contributed by atoms with van der Waals surface area (Å²) in [5.41, 5.74) is 16.4. The van der Waals surface area contributed by atoms with E-state index in [4.69, 9.17) is 47.4 Å². The van der Waals surface area contributed by atoms with Gasteiger partial charge in [-0.1, -0.05) is 117 Å². The van der Waals surface area contributed by atoms with Crippen molar-refractivity contribution in [3.8, 4) is 57.5 Å². The molecule has 0 saturated heterocycles. The zero-order chi connectivity index (χ0) is 66.3. The van der Waals surface area contributed by atoms with E-state index in [-0.39, 0.29) is 0 Å². The fourth-order valence-electron chi connectivity index (χ4n) is 10.9. The normalized spacial score (nSPS) is 11.0. The van der Waals surface area contributed by atoms with Crippen LogP contribution in [-0.2, 0) is 12.8 Å². The Kier molecular flexibility index (Phi) is 23.7. The Labute approximate surface area is 554 Å². The van der Waals surface area contributed by atoms with Gasteiger partial charge in [0.2, 0.25) is 0 Å². The van der Waals surface area contributed by atoms with Gasteiger partial charge in [-0.05, 0) is 190 Å². The molecule has 0 aliphatic rings. The molecule has 0 heterocycles. The van der Waals surface area contributed by atoms with Crippen molar-refractivity contribution in [3.05, 3.63) is 311 Å². The Morgan fingerprint density at radius 3 is 0.840 bits per heavy atom. The van der Waals surface area contributed by atoms with Crippen molar-refractivity contribution < 1.29 is 47.4 Å². The number of ether oxygens (including phenoxy) is 10. The molecule has 0 aliphatic carbocycles. The molecule has 0 saturated carbocycles. The Hall–Kier alpha value is -11.2. The molecule has 10 aromatic rings. The van der Waals surface area contributed by atoms with Crippen molar-refractivity contribution in [2.75, 3.05) is 80.9 Å². The zero-order valence-electron chi connectivity index (χ0n) is 55.6. The minimum atomic E-state index is 0.734. The van der Waals surface area contributed by atoms with Crippen LogP contribution in [0.4, 0.5) is 11.4 Å². The zero-order valence-corrected chi connectivity index (χ0v) is 55.6. The highest BCUT2D eigenvalue weighted by Crippen LogP contribution is 2.39. The first-order valence-corrected chi connectivity index (χ1v) is 30.9. The minimum Gasteiger partial charge on any atom is -0.497 e. The van der Waals surface area contributed by atoms with Gasteiger partial charge in [-0.3, -0.25) is 0 Å². The fraction of sp³-hybridized carbons (Fsp3) is 0.171.